The van der Waals surface area contributed by atoms with Crippen molar-refractivity contribution in [2.75, 3.05) is 13.2 Å². The molecule has 33 heavy (non-hydrogen) atoms. The van der Waals surface area contributed by atoms with Crippen LogP contribution in [0.25, 0.3) is 0 Å². The Hall–Kier alpha value is -1.48. The number of nitrogens with zero attached hydrogens (tertiary/aromatic N) is 1. The molecule has 13 heteroatoms. The number of aliphatic hydroxyl groups excluding tert-OH is 1. The minimum Gasteiger partial charge on any atom is -0.460 e. The van der Waals surface area contributed by atoms with Crippen molar-refractivity contribution in [3.63, 3.8) is 0 Å². The second-order valence-electron chi connectivity index (χ2n) is 8.53. The number of alkyl halides is 3. The topological polar surface area (TPSA) is 129 Å². The molecule has 0 aromatic rings. The number of alkyl carbamates (subject to hydrolysis) is 1. The van der Waals surface area contributed by atoms with Crippen molar-refractivity contribution in [3.8, 4) is 12.3 Å². The molecule has 4 N–H and O–H groups in total. The summed E-state index contributed by atoms with van der Waals surface area (Å²) in [7, 11) is 0. The number of carbonyl (C=O) groups excluding carboxylic acids is 3. The van der Waals surface area contributed by atoms with Gasteiger partial charge in [0.2, 0.25) is 3.79 Å². The van der Waals surface area contributed by atoms with Crippen LogP contribution in [-0.2, 0) is 19.1 Å². The van der Waals surface area contributed by atoms with E-state index < -0.39 is 58.3 Å². The number of hydrazine groups is 1. The Morgan fingerprint density at radius 3 is 2.48 bits per heavy atom. The Morgan fingerprint density at radius 1 is 1.30 bits per heavy atom. The zero-order chi connectivity index (χ0) is 25.4. The fourth-order valence-corrected chi connectivity index (χ4v) is 3.04. The van der Waals surface area contributed by atoms with Gasteiger partial charge < -0.3 is 19.9 Å². The molecule has 0 aliphatic carbocycles. The number of esters is 1. The summed E-state index contributed by atoms with van der Waals surface area (Å²) in [5.74, 6) is 1.27. The zero-order valence-corrected chi connectivity index (χ0v) is 21.3. The maximum Gasteiger partial charge on any atom is 0.408 e. The van der Waals surface area contributed by atoms with Gasteiger partial charge >= 0.3 is 12.1 Å². The van der Waals surface area contributed by atoms with Gasteiger partial charge in [0.25, 0.3) is 5.91 Å². The van der Waals surface area contributed by atoms with Crippen LogP contribution in [0.15, 0.2) is 0 Å². The summed E-state index contributed by atoms with van der Waals surface area (Å²) in [4.78, 5) is 37.1. The Bertz CT molecular complexity index is 735. The number of nitrogens with one attached hydrogen (secondary N) is 3. The van der Waals surface area contributed by atoms with E-state index in [1.54, 1.807) is 20.8 Å². The normalized spacial score (nSPS) is 19.6. The summed E-state index contributed by atoms with van der Waals surface area (Å²) in [5.41, 5.74) is 2.06. The largest absolute Gasteiger partial charge is 0.460 e. The Balaban J connectivity index is 2.67. The fourth-order valence-electron chi connectivity index (χ4n) is 2.87. The van der Waals surface area contributed by atoms with Crippen molar-refractivity contribution >= 4 is 52.8 Å². The third-order valence-electron chi connectivity index (χ3n) is 4.33. The molecule has 1 aliphatic rings. The maximum absolute atomic E-state index is 12.8. The molecule has 10 nitrogen and oxygen atoms in total. The molecular formula is C20H31Cl3N4O6. The van der Waals surface area contributed by atoms with Crippen molar-refractivity contribution in [1.29, 1.82) is 0 Å². The molecule has 1 aliphatic heterocycles. The predicted octanol–water partition coefficient (Wildman–Crippen LogP) is 1.61. The molecule has 1 rings (SSSR count). The van der Waals surface area contributed by atoms with Crippen LogP contribution in [0.1, 0.15) is 47.0 Å². The van der Waals surface area contributed by atoms with Crippen LogP contribution in [-0.4, -0.2) is 75.0 Å². The molecular weight excluding hydrogens is 499 g/mol. The van der Waals surface area contributed by atoms with Gasteiger partial charge in [-0.15, -0.1) is 12.3 Å². The van der Waals surface area contributed by atoms with Crippen molar-refractivity contribution < 1.29 is 29.0 Å². The van der Waals surface area contributed by atoms with Crippen molar-refractivity contribution in [1.82, 2.24) is 21.1 Å². The maximum atomic E-state index is 12.8. The monoisotopic (exact) mass is 528 g/mol. The molecule has 0 saturated carbocycles. The lowest BCUT2D eigenvalue weighted by Gasteiger charge is -2.35. The second kappa shape index (κ2) is 12.8. The third kappa shape index (κ3) is 11.5. The number of ether oxygens (including phenoxy) is 2. The Labute approximate surface area is 208 Å². The van der Waals surface area contributed by atoms with E-state index in [2.05, 4.69) is 22.0 Å². The number of carbonyl (C=O) groups is 3. The number of aliphatic hydroxyl groups is 1. The molecule has 0 aromatic carbocycles. The first-order valence-corrected chi connectivity index (χ1v) is 11.4. The van der Waals surface area contributed by atoms with E-state index in [4.69, 9.17) is 50.7 Å². The Kier molecular flexibility index (Phi) is 11.5. The van der Waals surface area contributed by atoms with Crippen LogP contribution >= 0.6 is 34.8 Å². The van der Waals surface area contributed by atoms with E-state index in [0.29, 0.717) is 19.4 Å². The highest BCUT2D eigenvalue weighted by molar-refractivity contribution is 6.67. The smallest absolute Gasteiger partial charge is 0.408 e. The molecule has 4 unspecified atom stereocenters. The number of hydrogen-bond donors (Lipinski definition) is 4. The summed E-state index contributed by atoms with van der Waals surface area (Å²) >= 11 is 16.8. The highest BCUT2D eigenvalue weighted by Crippen LogP contribution is 2.26. The van der Waals surface area contributed by atoms with Gasteiger partial charge in [0.1, 0.15) is 24.5 Å². The SMILES string of the molecule is C#CCC(NC(=O)OC(C)(C)C)C(O)NC(C)C(=O)N1CCCC(C(=O)OCC(Cl)(Cl)Cl)N1. The predicted molar refractivity (Wildman–Crippen MR) is 124 cm³/mol. The van der Waals surface area contributed by atoms with Crippen LogP contribution in [0.4, 0.5) is 4.79 Å². The number of terminal acetylenes is 1. The minimum absolute atomic E-state index is 0.00654. The van der Waals surface area contributed by atoms with Crippen LogP contribution in [0.5, 0.6) is 0 Å². The highest BCUT2D eigenvalue weighted by Gasteiger charge is 2.34. The molecule has 0 aromatic heterocycles. The van der Waals surface area contributed by atoms with E-state index in [0.717, 1.165) is 0 Å². The van der Waals surface area contributed by atoms with Gasteiger partial charge in [-0.3, -0.25) is 19.9 Å². The van der Waals surface area contributed by atoms with Gasteiger partial charge in [-0.1, -0.05) is 34.8 Å². The fraction of sp³-hybridized carbons (Fsp3) is 0.750. The van der Waals surface area contributed by atoms with Crippen LogP contribution in [0.3, 0.4) is 0 Å². The van der Waals surface area contributed by atoms with E-state index in [1.165, 1.54) is 11.9 Å². The van der Waals surface area contributed by atoms with Gasteiger partial charge in [-0.25, -0.2) is 10.2 Å². The number of rotatable bonds is 8. The average molecular weight is 530 g/mol. The third-order valence-corrected chi connectivity index (χ3v) is 4.65. The molecule has 2 amide bonds. The van der Waals surface area contributed by atoms with Crippen LogP contribution < -0.4 is 16.1 Å². The molecule has 1 heterocycles. The Morgan fingerprint density at radius 2 is 1.94 bits per heavy atom. The van der Waals surface area contributed by atoms with Gasteiger partial charge in [-0.05, 0) is 40.5 Å². The van der Waals surface area contributed by atoms with Crippen molar-refractivity contribution in [2.45, 2.75) is 80.7 Å². The lowest BCUT2D eigenvalue weighted by molar-refractivity contribution is -0.152. The minimum atomic E-state index is -1.74. The summed E-state index contributed by atoms with van der Waals surface area (Å²) in [6.45, 7) is 6.53. The number of hydrogen-bond acceptors (Lipinski definition) is 8. The standard InChI is InChI=1S/C20H31Cl3N4O6/c1-6-8-13(25-18(31)33-19(3,4)5)15(28)24-12(2)16(29)27-10-7-9-14(26-27)17(30)32-11-20(21,22)23/h1,12-15,24,26,28H,7-11H2,2-5H3,(H,25,31). The van der Waals surface area contributed by atoms with E-state index >= 15 is 0 Å². The van der Waals surface area contributed by atoms with Crippen LogP contribution in [0.2, 0.25) is 0 Å². The van der Waals surface area contributed by atoms with Gasteiger partial charge in [0.05, 0.1) is 12.1 Å². The summed E-state index contributed by atoms with van der Waals surface area (Å²) in [6, 6.07) is -2.58. The first-order valence-electron chi connectivity index (χ1n) is 10.3. The summed E-state index contributed by atoms with van der Waals surface area (Å²) in [6.07, 6.45) is 4.19. The molecule has 188 valence electrons. The summed E-state index contributed by atoms with van der Waals surface area (Å²) in [5, 5.41) is 17.0. The zero-order valence-electron chi connectivity index (χ0n) is 19.0. The molecule has 1 saturated heterocycles. The quantitative estimate of drug-likeness (QED) is 0.162. The number of amides is 2. The molecule has 0 spiro atoms. The second-order valence-corrected chi connectivity index (χ2v) is 11.0. The first-order chi connectivity index (χ1) is 15.1. The highest BCUT2D eigenvalue weighted by atomic mass is 35.6. The van der Waals surface area contributed by atoms with E-state index in [9.17, 15) is 19.5 Å². The van der Waals surface area contributed by atoms with Gasteiger partial charge in [0.15, 0.2) is 0 Å². The molecule has 0 radical (unpaired) electrons. The summed E-state index contributed by atoms with van der Waals surface area (Å²) < 4.78 is 8.40. The van der Waals surface area contributed by atoms with E-state index in [-0.39, 0.29) is 6.42 Å². The van der Waals surface area contributed by atoms with Gasteiger partial charge in [0, 0.05) is 13.0 Å². The lowest BCUT2D eigenvalue weighted by atomic mass is 10.1. The van der Waals surface area contributed by atoms with Crippen LogP contribution in [0, 0.1) is 12.3 Å². The first kappa shape index (κ1) is 29.6. The van der Waals surface area contributed by atoms with E-state index in [1.807, 2.05) is 0 Å². The molecule has 4 atom stereocenters. The van der Waals surface area contributed by atoms with Crippen molar-refractivity contribution in [3.05, 3.63) is 0 Å². The molecule has 1 fully saturated rings. The van der Waals surface area contributed by atoms with Gasteiger partial charge in [-0.2, -0.15) is 0 Å². The van der Waals surface area contributed by atoms with Crippen molar-refractivity contribution in [2.24, 2.45) is 0 Å². The average Bonchev–Trinajstić information content (AvgIpc) is 2.69. The number of halogens is 3. The molecule has 0 bridgehead atoms. The lowest BCUT2D eigenvalue weighted by Crippen LogP contribution is -2.61.